The monoisotopic (exact) mass is 586 g/mol. The number of hydrogen-bond acceptors (Lipinski definition) is 6. The lowest BCUT2D eigenvalue weighted by Crippen LogP contribution is -2.46. The van der Waals surface area contributed by atoms with Crippen molar-refractivity contribution in [3.63, 3.8) is 0 Å². The summed E-state index contributed by atoms with van der Waals surface area (Å²) < 4.78 is 17.0. The van der Waals surface area contributed by atoms with Crippen molar-refractivity contribution in [1.29, 1.82) is 0 Å². The number of para-hydroxylation sites is 1. The van der Waals surface area contributed by atoms with Gasteiger partial charge in [0.25, 0.3) is 0 Å². The lowest BCUT2D eigenvalue weighted by atomic mass is 9.88. The van der Waals surface area contributed by atoms with E-state index in [9.17, 15) is 14.0 Å². The van der Waals surface area contributed by atoms with Crippen LogP contribution in [0.2, 0.25) is 0 Å². The van der Waals surface area contributed by atoms with Crippen molar-refractivity contribution < 1.29 is 9.18 Å². The minimum absolute atomic E-state index is 0.0862. The number of piperidine rings is 1. The number of piperazine rings is 1. The first-order valence-corrected chi connectivity index (χ1v) is 16.0. The number of hydrogen-bond donors (Lipinski definition) is 0. The van der Waals surface area contributed by atoms with Gasteiger partial charge in [-0.25, -0.2) is 4.39 Å². The zero-order chi connectivity index (χ0) is 28.9. The van der Waals surface area contributed by atoms with E-state index in [1.54, 1.807) is 18.2 Å². The third kappa shape index (κ3) is 6.66. The van der Waals surface area contributed by atoms with E-state index in [-0.39, 0.29) is 22.1 Å². The molecule has 0 unspecified atom stereocenters. The molecule has 2 saturated heterocycles. The Morgan fingerprint density at radius 2 is 1.52 bits per heavy atom. The average Bonchev–Trinajstić information content (AvgIpc) is 3.34. The van der Waals surface area contributed by atoms with E-state index in [1.165, 1.54) is 28.7 Å². The van der Waals surface area contributed by atoms with E-state index in [2.05, 4.69) is 63.2 Å². The zero-order valence-corrected chi connectivity index (χ0v) is 24.9. The van der Waals surface area contributed by atoms with E-state index in [0.717, 1.165) is 88.3 Å². The minimum atomic E-state index is -0.436. The largest absolute Gasteiger partial charge is 0.369 e. The second kappa shape index (κ2) is 13.3. The van der Waals surface area contributed by atoms with Crippen LogP contribution in [0.5, 0.6) is 0 Å². The van der Waals surface area contributed by atoms with Crippen molar-refractivity contribution >= 4 is 33.0 Å². The molecule has 8 heteroatoms. The highest BCUT2D eigenvalue weighted by Gasteiger charge is 2.27. The molecule has 1 aromatic heterocycles. The summed E-state index contributed by atoms with van der Waals surface area (Å²) in [5.41, 5.74) is 3.82. The molecule has 0 aliphatic carbocycles. The molecule has 6 nitrogen and oxygen atoms in total. The summed E-state index contributed by atoms with van der Waals surface area (Å²) in [5.74, 6) is -0.663. The van der Waals surface area contributed by atoms with Crippen LogP contribution in [0.15, 0.2) is 77.6 Å². The van der Waals surface area contributed by atoms with E-state index in [1.807, 2.05) is 4.57 Å². The first-order valence-electron chi connectivity index (χ1n) is 15.2. The number of nitrogens with zero attached hydrogens (tertiary/aromatic N) is 4. The highest BCUT2D eigenvalue weighted by atomic mass is 32.1. The maximum atomic E-state index is 14.1. The Morgan fingerprint density at radius 3 is 2.29 bits per heavy atom. The normalized spacial score (nSPS) is 17.2. The Hall–Kier alpha value is -3.33. The molecule has 4 aromatic rings. The molecule has 0 saturated carbocycles. The lowest BCUT2D eigenvalue weighted by Gasteiger charge is -2.36. The van der Waals surface area contributed by atoms with Gasteiger partial charge in [-0.1, -0.05) is 47.7 Å². The highest BCUT2D eigenvalue weighted by Crippen LogP contribution is 2.24. The van der Waals surface area contributed by atoms with Gasteiger partial charge in [0, 0.05) is 50.9 Å². The number of carbonyl (C=O) groups is 1. The number of halogens is 1. The van der Waals surface area contributed by atoms with Gasteiger partial charge < -0.3 is 9.80 Å². The molecule has 2 fully saturated rings. The fraction of sp³-hybridized carbons (Fsp3) is 0.412. The van der Waals surface area contributed by atoms with Crippen molar-refractivity contribution in [2.45, 2.75) is 32.2 Å². The number of rotatable bonds is 10. The molecule has 3 aromatic carbocycles. The Morgan fingerprint density at radius 1 is 0.810 bits per heavy atom. The summed E-state index contributed by atoms with van der Waals surface area (Å²) in [6.07, 6.45) is 3.57. The van der Waals surface area contributed by atoms with Crippen LogP contribution in [0.3, 0.4) is 0 Å². The maximum absolute atomic E-state index is 14.1. The van der Waals surface area contributed by atoms with Crippen LogP contribution < -0.4 is 9.77 Å². The first-order chi connectivity index (χ1) is 20.5. The maximum Gasteiger partial charge on any atom is 0.308 e. The molecule has 0 N–H and O–H groups in total. The molecule has 2 aliphatic rings. The highest BCUT2D eigenvalue weighted by molar-refractivity contribution is 7.16. The number of aryl methyl sites for hydroxylation is 1. The molecule has 2 aliphatic heterocycles. The Bertz CT molecular complexity index is 1550. The predicted octanol–water partition coefficient (Wildman–Crippen LogP) is 5.55. The van der Waals surface area contributed by atoms with Gasteiger partial charge in [-0.2, -0.15) is 0 Å². The van der Waals surface area contributed by atoms with E-state index in [0.29, 0.717) is 6.54 Å². The van der Waals surface area contributed by atoms with Crippen LogP contribution in [-0.4, -0.2) is 72.5 Å². The van der Waals surface area contributed by atoms with Crippen LogP contribution >= 0.6 is 11.3 Å². The van der Waals surface area contributed by atoms with Crippen molar-refractivity contribution in [1.82, 2.24) is 14.4 Å². The fourth-order valence-electron chi connectivity index (χ4n) is 6.39. The van der Waals surface area contributed by atoms with Crippen molar-refractivity contribution in [2.75, 3.05) is 57.3 Å². The third-order valence-corrected chi connectivity index (χ3v) is 9.85. The van der Waals surface area contributed by atoms with Gasteiger partial charge >= 0.3 is 4.87 Å². The fourth-order valence-corrected chi connectivity index (χ4v) is 7.38. The summed E-state index contributed by atoms with van der Waals surface area (Å²) in [5, 5.41) is 0. The number of aromatic nitrogens is 1. The van der Waals surface area contributed by atoms with Crippen LogP contribution in [-0.2, 0) is 13.0 Å². The summed E-state index contributed by atoms with van der Waals surface area (Å²) in [6, 6.07) is 23.4. The van der Waals surface area contributed by atoms with Gasteiger partial charge in [0.1, 0.15) is 5.82 Å². The van der Waals surface area contributed by atoms with Crippen LogP contribution in [0.4, 0.5) is 10.1 Å². The number of fused-ring (bicyclic) bond motifs is 1. The van der Waals surface area contributed by atoms with E-state index >= 15 is 0 Å². The van der Waals surface area contributed by atoms with Crippen LogP contribution in [0, 0.1) is 11.7 Å². The van der Waals surface area contributed by atoms with Gasteiger partial charge in [0.05, 0.1) is 15.8 Å². The minimum Gasteiger partial charge on any atom is -0.369 e. The first kappa shape index (κ1) is 28.8. The van der Waals surface area contributed by atoms with E-state index < -0.39 is 5.82 Å². The van der Waals surface area contributed by atoms with Crippen molar-refractivity contribution in [3.8, 4) is 0 Å². The second-order valence-electron chi connectivity index (χ2n) is 11.5. The van der Waals surface area contributed by atoms with Gasteiger partial charge in [-0.3, -0.25) is 19.1 Å². The number of likely N-dealkylation sites (tertiary alicyclic amines) is 1. The molecule has 0 atom stereocenters. The Kier molecular flexibility index (Phi) is 9.12. The van der Waals surface area contributed by atoms with Crippen LogP contribution in [0.1, 0.15) is 35.2 Å². The molecule has 6 rings (SSSR count). The number of thiazole rings is 1. The van der Waals surface area contributed by atoms with Crippen molar-refractivity contribution in [3.05, 3.63) is 99.4 Å². The topological polar surface area (TPSA) is 48.8 Å². The van der Waals surface area contributed by atoms with Gasteiger partial charge in [-0.15, -0.1) is 0 Å². The number of anilines is 1. The van der Waals surface area contributed by atoms with Gasteiger partial charge in [0.15, 0.2) is 5.78 Å². The number of Topliss-reactive ketones (excluding diaryl/α,β-unsaturated/α-hetero) is 1. The van der Waals surface area contributed by atoms with E-state index in [4.69, 9.17) is 0 Å². The molecule has 0 spiro atoms. The van der Waals surface area contributed by atoms with Crippen LogP contribution in [0.25, 0.3) is 10.2 Å². The molecule has 220 valence electrons. The number of benzene rings is 3. The molecule has 0 bridgehead atoms. The Balaban J connectivity index is 0.963. The average molecular weight is 587 g/mol. The molecular weight excluding hydrogens is 547 g/mol. The molecule has 42 heavy (non-hydrogen) atoms. The Labute approximate surface area is 251 Å². The van der Waals surface area contributed by atoms with Crippen molar-refractivity contribution in [2.24, 2.45) is 5.92 Å². The summed E-state index contributed by atoms with van der Waals surface area (Å²) in [4.78, 5) is 33.1. The SMILES string of the molecule is O=C(c1ccccc1F)C1CCN(CCn2c(=O)sc3cc(CCCN4CCN(c5ccccc5)CC4)ccc32)CC1. The molecule has 0 amide bonds. The second-order valence-corrected chi connectivity index (χ2v) is 12.5. The zero-order valence-electron chi connectivity index (χ0n) is 24.1. The quantitative estimate of drug-likeness (QED) is 0.228. The number of carbonyl (C=O) groups excluding carboxylic acids is 1. The molecular formula is C34H39FN4O2S. The predicted molar refractivity (Wildman–Crippen MR) is 169 cm³/mol. The molecule has 0 radical (unpaired) electrons. The smallest absolute Gasteiger partial charge is 0.308 e. The molecule has 3 heterocycles. The third-order valence-electron chi connectivity index (χ3n) is 8.90. The summed E-state index contributed by atoms with van der Waals surface area (Å²) >= 11 is 1.34. The summed E-state index contributed by atoms with van der Waals surface area (Å²) in [7, 11) is 0. The number of ketones is 1. The summed E-state index contributed by atoms with van der Waals surface area (Å²) in [6.45, 7) is 8.41. The standard InChI is InChI=1S/C34H39FN4O2S/c35-30-11-5-4-10-29(30)33(40)27-14-17-37(18-15-27)21-24-39-31-13-12-26(25-32(31)42-34(39)41)7-6-16-36-19-22-38(23-20-36)28-8-2-1-3-9-28/h1-5,8-13,25,27H,6-7,14-24H2. The lowest BCUT2D eigenvalue weighted by molar-refractivity contribution is 0.0833. The van der Waals surface area contributed by atoms with Gasteiger partial charge in [0.2, 0.25) is 0 Å². The van der Waals surface area contributed by atoms with Gasteiger partial charge in [-0.05, 0) is 87.3 Å².